The first-order valence-electron chi connectivity index (χ1n) is 25.4. The maximum Gasteiger partial charge on any atom is 0.0840 e. The fourth-order valence-electron chi connectivity index (χ4n) is 7.96. The summed E-state index contributed by atoms with van der Waals surface area (Å²) in [6, 6.07) is 0. The van der Waals surface area contributed by atoms with Gasteiger partial charge in [-0.2, -0.15) is 0 Å². The minimum atomic E-state index is 0.186. The number of hydrogen-bond acceptors (Lipinski definition) is 2. The van der Waals surface area contributed by atoms with E-state index in [1.54, 1.807) is 0 Å². The van der Waals surface area contributed by atoms with Gasteiger partial charge in [-0.1, -0.05) is 278 Å². The fourth-order valence-corrected chi connectivity index (χ4v) is 7.96. The Morgan fingerprint density at radius 1 is 0.283 bits per heavy atom. The van der Waals surface area contributed by atoms with Crippen LogP contribution in [0.25, 0.3) is 0 Å². The average molecular weight is 748 g/mol. The van der Waals surface area contributed by atoms with Gasteiger partial charge in [-0.3, -0.25) is 0 Å². The third kappa shape index (κ3) is 48.0. The van der Waals surface area contributed by atoms with Crippen molar-refractivity contribution in [3.8, 4) is 0 Å². The van der Waals surface area contributed by atoms with E-state index in [4.69, 9.17) is 9.47 Å². The van der Waals surface area contributed by atoms with Crippen LogP contribution in [0.3, 0.4) is 0 Å². The summed E-state index contributed by atoms with van der Waals surface area (Å²) >= 11 is 0. The van der Waals surface area contributed by atoms with Gasteiger partial charge in [0, 0.05) is 13.2 Å². The Hall–Kier alpha value is -0.0800. The van der Waals surface area contributed by atoms with Crippen molar-refractivity contribution in [3.63, 3.8) is 0 Å². The van der Waals surface area contributed by atoms with E-state index in [1.807, 2.05) is 0 Å². The van der Waals surface area contributed by atoms with Crippen molar-refractivity contribution in [3.05, 3.63) is 6.42 Å². The monoisotopic (exact) mass is 748 g/mol. The van der Waals surface area contributed by atoms with Crippen molar-refractivity contribution in [1.29, 1.82) is 0 Å². The molecule has 0 aliphatic rings. The highest BCUT2D eigenvalue weighted by atomic mass is 16.5. The molecule has 0 bridgehead atoms. The summed E-state index contributed by atoms with van der Waals surface area (Å²) in [6.07, 6.45) is 63.2. The SMILES string of the molecule is CCCCCCCCCCCCCCCC[CH][C@@H](COCCCCCCCCCCCCCCCC)OCCCCCCCCCCCCCCCC. The molecule has 0 aromatic carbocycles. The van der Waals surface area contributed by atoms with Gasteiger partial charge in [-0.05, 0) is 25.7 Å². The molecule has 0 aromatic rings. The van der Waals surface area contributed by atoms with Gasteiger partial charge in [-0.15, -0.1) is 0 Å². The molecule has 0 heterocycles. The third-order valence-electron chi connectivity index (χ3n) is 11.7. The second-order valence-electron chi connectivity index (χ2n) is 17.3. The van der Waals surface area contributed by atoms with Gasteiger partial charge in [0.2, 0.25) is 0 Å². The maximum atomic E-state index is 6.41. The number of rotatable bonds is 49. The second-order valence-corrected chi connectivity index (χ2v) is 17.3. The minimum Gasteiger partial charge on any atom is -0.379 e. The van der Waals surface area contributed by atoms with E-state index in [-0.39, 0.29) is 6.10 Å². The van der Waals surface area contributed by atoms with Gasteiger partial charge in [0.25, 0.3) is 0 Å². The van der Waals surface area contributed by atoms with E-state index in [9.17, 15) is 0 Å². The van der Waals surface area contributed by atoms with E-state index in [2.05, 4.69) is 27.2 Å². The highest BCUT2D eigenvalue weighted by Crippen LogP contribution is 2.17. The van der Waals surface area contributed by atoms with Crippen molar-refractivity contribution in [2.24, 2.45) is 0 Å². The van der Waals surface area contributed by atoms with Crippen LogP contribution in [0.1, 0.15) is 297 Å². The Morgan fingerprint density at radius 2 is 0.528 bits per heavy atom. The topological polar surface area (TPSA) is 18.5 Å². The molecule has 0 amide bonds. The molecule has 2 nitrogen and oxygen atoms in total. The number of unbranched alkanes of at least 4 members (excludes halogenated alkanes) is 40. The fraction of sp³-hybridized carbons (Fsp3) is 0.980. The van der Waals surface area contributed by atoms with Crippen molar-refractivity contribution >= 4 is 0 Å². The zero-order chi connectivity index (χ0) is 38.2. The summed E-state index contributed by atoms with van der Waals surface area (Å²) in [7, 11) is 0. The summed E-state index contributed by atoms with van der Waals surface area (Å²) in [5.41, 5.74) is 0. The average Bonchev–Trinajstić information content (AvgIpc) is 3.17. The van der Waals surface area contributed by atoms with Gasteiger partial charge in [0.15, 0.2) is 0 Å². The van der Waals surface area contributed by atoms with Crippen molar-refractivity contribution < 1.29 is 9.47 Å². The Kier molecular flexibility index (Phi) is 49.9. The molecular formula is C51H103O2. The van der Waals surface area contributed by atoms with Crippen LogP contribution in [0, 0.1) is 6.42 Å². The molecule has 0 aliphatic heterocycles. The lowest BCUT2D eigenvalue weighted by molar-refractivity contribution is -0.00353. The van der Waals surface area contributed by atoms with Crippen molar-refractivity contribution in [2.75, 3.05) is 19.8 Å². The molecule has 0 spiro atoms. The van der Waals surface area contributed by atoms with E-state index in [0.29, 0.717) is 0 Å². The first-order valence-corrected chi connectivity index (χ1v) is 25.4. The standard InChI is InChI=1S/C51H103O2/c1-4-7-10-13-16-19-22-25-28-29-32-35-38-41-44-47-51(53-49-46-43-40-37-34-31-27-24-21-18-15-12-9-6-3)50-52-48-45-42-39-36-33-30-26-23-20-17-14-11-8-5-2/h47,51H,4-46,48-50H2,1-3H3/t51-/m0/s1. The quantitative estimate of drug-likeness (QED) is 0.0577. The Balaban J connectivity index is 3.94. The van der Waals surface area contributed by atoms with E-state index >= 15 is 0 Å². The van der Waals surface area contributed by atoms with E-state index in [1.165, 1.54) is 276 Å². The van der Waals surface area contributed by atoms with Crippen LogP contribution in [0.2, 0.25) is 0 Å². The van der Waals surface area contributed by atoms with Crippen LogP contribution >= 0.6 is 0 Å². The summed E-state index contributed by atoms with van der Waals surface area (Å²) in [4.78, 5) is 0. The van der Waals surface area contributed by atoms with Crippen LogP contribution in [0.4, 0.5) is 0 Å². The summed E-state index contributed by atoms with van der Waals surface area (Å²) in [6.45, 7) is 9.49. The maximum absolute atomic E-state index is 6.41. The van der Waals surface area contributed by atoms with E-state index < -0.39 is 0 Å². The minimum absolute atomic E-state index is 0.186. The normalized spacial score (nSPS) is 12.3. The first kappa shape index (κ1) is 52.9. The predicted molar refractivity (Wildman–Crippen MR) is 240 cm³/mol. The summed E-state index contributed by atoms with van der Waals surface area (Å²) < 4.78 is 12.6. The zero-order valence-electron chi connectivity index (χ0n) is 37.5. The Morgan fingerprint density at radius 3 is 0.830 bits per heavy atom. The molecule has 0 rings (SSSR count). The molecule has 0 aromatic heterocycles. The molecule has 0 unspecified atom stereocenters. The van der Waals surface area contributed by atoms with Crippen LogP contribution in [0.5, 0.6) is 0 Å². The molecule has 0 fully saturated rings. The second kappa shape index (κ2) is 49.9. The van der Waals surface area contributed by atoms with Crippen molar-refractivity contribution in [2.45, 2.75) is 303 Å². The molecule has 1 atom stereocenters. The highest BCUT2D eigenvalue weighted by Gasteiger charge is 2.10. The van der Waals surface area contributed by atoms with Crippen LogP contribution in [-0.4, -0.2) is 25.9 Å². The Bertz CT molecular complexity index is 571. The molecular weight excluding hydrogens is 645 g/mol. The smallest absolute Gasteiger partial charge is 0.0840 e. The third-order valence-corrected chi connectivity index (χ3v) is 11.7. The number of hydrogen-bond donors (Lipinski definition) is 0. The molecule has 2 heteroatoms. The van der Waals surface area contributed by atoms with Crippen molar-refractivity contribution in [1.82, 2.24) is 0 Å². The molecule has 1 radical (unpaired) electrons. The van der Waals surface area contributed by atoms with E-state index in [0.717, 1.165) is 19.8 Å². The molecule has 0 saturated carbocycles. The molecule has 0 saturated heterocycles. The zero-order valence-corrected chi connectivity index (χ0v) is 37.5. The summed E-state index contributed by atoms with van der Waals surface area (Å²) in [5.74, 6) is 0. The van der Waals surface area contributed by atoms with Gasteiger partial charge < -0.3 is 9.47 Å². The lowest BCUT2D eigenvalue weighted by Gasteiger charge is -2.18. The van der Waals surface area contributed by atoms with Crippen LogP contribution in [0.15, 0.2) is 0 Å². The molecule has 53 heavy (non-hydrogen) atoms. The molecule has 0 N–H and O–H groups in total. The van der Waals surface area contributed by atoms with Gasteiger partial charge in [-0.25, -0.2) is 0 Å². The molecule has 319 valence electrons. The van der Waals surface area contributed by atoms with Gasteiger partial charge in [0.1, 0.15) is 0 Å². The van der Waals surface area contributed by atoms with Gasteiger partial charge in [0.05, 0.1) is 12.7 Å². The predicted octanol–water partition coefficient (Wildman–Crippen LogP) is 18.4. The highest BCUT2D eigenvalue weighted by molar-refractivity contribution is 4.77. The van der Waals surface area contributed by atoms with Crippen LogP contribution < -0.4 is 0 Å². The number of ether oxygens (including phenoxy) is 2. The Labute approximate surface area is 337 Å². The summed E-state index contributed by atoms with van der Waals surface area (Å²) in [5, 5.41) is 0. The van der Waals surface area contributed by atoms with Gasteiger partial charge >= 0.3 is 0 Å². The first-order chi connectivity index (χ1) is 26.3. The molecule has 0 aliphatic carbocycles. The van der Waals surface area contributed by atoms with Crippen LogP contribution in [-0.2, 0) is 9.47 Å². The largest absolute Gasteiger partial charge is 0.379 e. The lowest BCUT2D eigenvalue weighted by Crippen LogP contribution is -2.21. The lowest BCUT2D eigenvalue weighted by atomic mass is 10.0.